The highest BCUT2D eigenvalue weighted by molar-refractivity contribution is 4.96. The molecule has 82 valence electrons. The van der Waals surface area contributed by atoms with Crippen LogP contribution in [0.25, 0.3) is 0 Å². The Labute approximate surface area is 93.8 Å². The fraction of sp³-hybridized carbons (Fsp3) is 0.500. The van der Waals surface area contributed by atoms with Gasteiger partial charge in [0.15, 0.2) is 0 Å². The summed E-state index contributed by atoms with van der Waals surface area (Å²) in [6.45, 7) is 2.16. The molecule has 0 bridgehead atoms. The van der Waals surface area contributed by atoms with Gasteiger partial charge in [-0.1, -0.05) is 43.4 Å². The first-order chi connectivity index (χ1) is 7.41. The molecule has 0 heterocycles. The Morgan fingerprint density at radius 1 is 0.933 bits per heavy atom. The molecule has 0 fully saturated rings. The third-order valence-corrected chi connectivity index (χ3v) is 1.96. The normalized spacial score (nSPS) is 11.7. The first-order valence-electron chi connectivity index (χ1n) is 5.73. The second-order valence-electron chi connectivity index (χ2n) is 3.35. The summed E-state index contributed by atoms with van der Waals surface area (Å²) in [6.07, 6.45) is 19.0. The second kappa shape index (κ2) is 12.7. The van der Waals surface area contributed by atoms with Crippen molar-refractivity contribution in [2.45, 2.75) is 45.4 Å². The van der Waals surface area contributed by atoms with Crippen molar-refractivity contribution in [2.24, 2.45) is 0 Å². The van der Waals surface area contributed by atoms with Gasteiger partial charge in [-0.3, -0.25) is 0 Å². The molecule has 0 saturated carbocycles. The zero-order valence-corrected chi connectivity index (χ0v) is 9.65. The number of allylic oxidation sites excluding steroid dienone is 6. The Hall–Kier alpha value is -1.29. The van der Waals surface area contributed by atoms with Crippen molar-refractivity contribution in [2.75, 3.05) is 0 Å². The van der Waals surface area contributed by atoms with Crippen molar-refractivity contribution in [3.63, 3.8) is 0 Å². The maximum atomic E-state index is 8.28. The van der Waals surface area contributed by atoms with Crippen molar-refractivity contribution in [3.05, 3.63) is 36.5 Å². The minimum atomic E-state index is 0.523. The van der Waals surface area contributed by atoms with Crippen LogP contribution in [0.2, 0.25) is 0 Å². The van der Waals surface area contributed by atoms with Crippen LogP contribution in [-0.4, -0.2) is 0 Å². The molecule has 0 N–H and O–H groups in total. The lowest BCUT2D eigenvalue weighted by Gasteiger charge is -1.89. The van der Waals surface area contributed by atoms with Crippen LogP contribution in [0.5, 0.6) is 0 Å². The number of nitrogens with zero attached hydrogens (tertiary/aromatic N) is 1. The van der Waals surface area contributed by atoms with E-state index in [0.717, 1.165) is 19.3 Å². The van der Waals surface area contributed by atoms with Gasteiger partial charge in [0.05, 0.1) is 12.5 Å². The highest BCUT2D eigenvalue weighted by Gasteiger charge is 1.79. The molecule has 0 saturated heterocycles. The molecule has 0 aliphatic carbocycles. The summed E-state index contributed by atoms with van der Waals surface area (Å²) in [4.78, 5) is 0. The second-order valence-corrected chi connectivity index (χ2v) is 3.35. The Bertz CT molecular complexity index is 241. The van der Waals surface area contributed by atoms with Gasteiger partial charge in [0.1, 0.15) is 0 Å². The van der Waals surface area contributed by atoms with Crippen LogP contribution >= 0.6 is 0 Å². The van der Waals surface area contributed by atoms with Crippen molar-refractivity contribution >= 4 is 0 Å². The van der Waals surface area contributed by atoms with Crippen LogP contribution in [-0.2, 0) is 0 Å². The monoisotopic (exact) mass is 203 g/mol. The van der Waals surface area contributed by atoms with E-state index < -0.39 is 0 Å². The number of rotatable bonds is 8. The summed E-state index contributed by atoms with van der Waals surface area (Å²) in [5.74, 6) is 0. The zero-order chi connectivity index (χ0) is 11.2. The Balaban J connectivity index is 3.25. The lowest BCUT2D eigenvalue weighted by Crippen LogP contribution is -1.69. The van der Waals surface area contributed by atoms with Crippen LogP contribution in [0.15, 0.2) is 36.5 Å². The van der Waals surface area contributed by atoms with Gasteiger partial charge in [0.25, 0.3) is 0 Å². The quantitative estimate of drug-likeness (QED) is 0.419. The SMILES string of the molecule is CC/C=C/CCC/C=C/C/C=C/CC#N. The molecule has 0 aliphatic heterocycles. The first-order valence-corrected chi connectivity index (χ1v) is 5.73. The molecule has 0 aromatic carbocycles. The molecule has 0 radical (unpaired) electrons. The molecule has 0 aliphatic rings. The van der Waals surface area contributed by atoms with Crippen LogP contribution in [0.4, 0.5) is 0 Å². The van der Waals surface area contributed by atoms with E-state index in [4.69, 9.17) is 5.26 Å². The minimum absolute atomic E-state index is 0.523. The Morgan fingerprint density at radius 2 is 1.60 bits per heavy atom. The lowest BCUT2D eigenvalue weighted by atomic mass is 10.2. The summed E-state index contributed by atoms with van der Waals surface area (Å²) in [6, 6.07) is 2.08. The van der Waals surface area contributed by atoms with Crippen LogP contribution in [0, 0.1) is 11.3 Å². The molecule has 0 aromatic rings. The van der Waals surface area contributed by atoms with Gasteiger partial charge in [-0.25, -0.2) is 0 Å². The van der Waals surface area contributed by atoms with E-state index in [9.17, 15) is 0 Å². The van der Waals surface area contributed by atoms with Gasteiger partial charge in [-0.2, -0.15) is 5.26 Å². The fourth-order valence-corrected chi connectivity index (χ4v) is 1.16. The summed E-state index contributed by atoms with van der Waals surface area (Å²) in [7, 11) is 0. The van der Waals surface area contributed by atoms with Crippen LogP contribution in [0.1, 0.15) is 45.4 Å². The molecule has 0 amide bonds. The number of nitriles is 1. The van der Waals surface area contributed by atoms with E-state index in [1.165, 1.54) is 12.8 Å². The summed E-state index contributed by atoms with van der Waals surface area (Å²) in [5, 5.41) is 8.28. The van der Waals surface area contributed by atoms with Gasteiger partial charge in [-0.15, -0.1) is 0 Å². The van der Waals surface area contributed by atoms with E-state index in [0.29, 0.717) is 6.42 Å². The average Bonchev–Trinajstić information content (AvgIpc) is 2.26. The summed E-state index contributed by atoms with van der Waals surface area (Å²) in [5.41, 5.74) is 0. The molecule has 0 unspecified atom stereocenters. The van der Waals surface area contributed by atoms with Crippen molar-refractivity contribution in [1.82, 2.24) is 0 Å². The van der Waals surface area contributed by atoms with E-state index in [1.807, 2.05) is 12.2 Å². The number of unbranched alkanes of at least 4 members (excludes halogenated alkanes) is 2. The van der Waals surface area contributed by atoms with Gasteiger partial charge in [-0.05, 0) is 32.1 Å². The molecule has 1 heteroatoms. The predicted molar refractivity (Wildman–Crippen MR) is 66.4 cm³/mol. The molecular weight excluding hydrogens is 182 g/mol. The van der Waals surface area contributed by atoms with Crippen molar-refractivity contribution < 1.29 is 0 Å². The highest BCUT2D eigenvalue weighted by Crippen LogP contribution is 1.99. The summed E-state index contributed by atoms with van der Waals surface area (Å²) < 4.78 is 0. The lowest BCUT2D eigenvalue weighted by molar-refractivity contribution is 0.863. The standard InChI is InChI=1S/C14H21N/c1-2-3-4-5-6-7-8-9-10-11-12-13-14-15/h3-4,8-9,11-12H,2,5-7,10,13H2,1H3/b4-3+,9-8+,12-11+. The molecule has 0 spiro atoms. The molecular formula is C14H21N. The first kappa shape index (κ1) is 13.7. The molecule has 1 nitrogen and oxygen atoms in total. The van der Waals surface area contributed by atoms with Crippen molar-refractivity contribution in [3.8, 4) is 6.07 Å². The molecule has 0 rings (SSSR count). The molecule has 0 aromatic heterocycles. The largest absolute Gasteiger partial charge is 0.198 e. The maximum absolute atomic E-state index is 8.28. The topological polar surface area (TPSA) is 23.8 Å². The summed E-state index contributed by atoms with van der Waals surface area (Å²) >= 11 is 0. The third kappa shape index (κ3) is 12.7. The van der Waals surface area contributed by atoms with E-state index in [-0.39, 0.29) is 0 Å². The number of hydrogen-bond donors (Lipinski definition) is 0. The predicted octanol–water partition coefficient (Wildman–Crippen LogP) is 4.54. The maximum Gasteiger partial charge on any atom is 0.0663 e. The van der Waals surface area contributed by atoms with Crippen LogP contribution < -0.4 is 0 Å². The number of hydrogen-bond acceptors (Lipinski definition) is 1. The Morgan fingerprint density at radius 3 is 2.27 bits per heavy atom. The van der Waals surface area contributed by atoms with Crippen molar-refractivity contribution in [1.29, 1.82) is 5.26 Å². The van der Waals surface area contributed by atoms with Gasteiger partial charge >= 0.3 is 0 Å². The minimum Gasteiger partial charge on any atom is -0.198 e. The van der Waals surface area contributed by atoms with Gasteiger partial charge in [0, 0.05) is 0 Å². The Kier molecular flexibility index (Phi) is 11.6. The van der Waals surface area contributed by atoms with E-state index in [2.05, 4.69) is 37.3 Å². The van der Waals surface area contributed by atoms with E-state index in [1.54, 1.807) is 0 Å². The third-order valence-electron chi connectivity index (χ3n) is 1.96. The zero-order valence-electron chi connectivity index (χ0n) is 9.65. The van der Waals surface area contributed by atoms with Gasteiger partial charge in [0.2, 0.25) is 0 Å². The van der Waals surface area contributed by atoms with Crippen LogP contribution in [0.3, 0.4) is 0 Å². The molecule has 0 atom stereocenters. The smallest absolute Gasteiger partial charge is 0.0663 e. The van der Waals surface area contributed by atoms with Gasteiger partial charge < -0.3 is 0 Å². The highest BCUT2D eigenvalue weighted by atomic mass is 14.2. The molecule has 15 heavy (non-hydrogen) atoms. The fourth-order valence-electron chi connectivity index (χ4n) is 1.16. The van der Waals surface area contributed by atoms with E-state index >= 15 is 0 Å². The average molecular weight is 203 g/mol.